The molecular weight excluding hydrogens is 391 g/mol. The van der Waals surface area contributed by atoms with Gasteiger partial charge in [-0.05, 0) is 36.4 Å². The predicted octanol–water partition coefficient (Wildman–Crippen LogP) is 1.97. The molecule has 8 nitrogen and oxygen atoms in total. The number of pyridine rings is 1. The highest BCUT2D eigenvalue weighted by Crippen LogP contribution is 2.22. The van der Waals surface area contributed by atoms with Crippen molar-refractivity contribution in [2.45, 2.75) is 12.9 Å². The molecule has 0 saturated carbocycles. The second-order valence-corrected chi connectivity index (χ2v) is 5.93. The number of nitrogens with one attached hydrogen (secondary N) is 1. The average molecular weight is 407 g/mol. The fourth-order valence-corrected chi connectivity index (χ4v) is 2.54. The number of ether oxygens (including phenoxy) is 1. The smallest absolute Gasteiger partial charge is 0.406 e. The largest absolute Gasteiger partial charge is 0.573 e. The maximum absolute atomic E-state index is 12.3. The van der Waals surface area contributed by atoms with E-state index in [1.807, 2.05) is 0 Å². The zero-order valence-electron chi connectivity index (χ0n) is 15.2. The molecule has 1 amide bonds. The lowest BCUT2D eigenvalue weighted by Gasteiger charge is -2.09. The average Bonchev–Trinajstić information content (AvgIpc) is 2.96. The molecule has 152 valence electrons. The van der Waals surface area contributed by atoms with Gasteiger partial charge in [-0.1, -0.05) is 6.07 Å². The molecule has 0 spiro atoms. The Bertz CT molecular complexity index is 1040. The number of nitrogens with zero attached hydrogens (tertiary/aromatic N) is 4. The van der Waals surface area contributed by atoms with E-state index in [4.69, 9.17) is 0 Å². The van der Waals surface area contributed by atoms with E-state index in [2.05, 4.69) is 20.1 Å². The summed E-state index contributed by atoms with van der Waals surface area (Å²) in [5.41, 5.74) is 0.326. The molecule has 2 heterocycles. The number of carbonyl (C=O) groups is 1. The van der Waals surface area contributed by atoms with Gasteiger partial charge in [0.1, 0.15) is 11.4 Å². The summed E-state index contributed by atoms with van der Waals surface area (Å²) in [7, 11) is 1.57. The first-order valence-electron chi connectivity index (χ1n) is 8.44. The zero-order valence-corrected chi connectivity index (χ0v) is 15.2. The van der Waals surface area contributed by atoms with E-state index in [1.165, 1.54) is 21.4 Å². The minimum Gasteiger partial charge on any atom is -0.406 e. The van der Waals surface area contributed by atoms with Crippen LogP contribution in [0.15, 0.2) is 53.5 Å². The van der Waals surface area contributed by atoms with Gasteiger partial charge in [0.05, 0.1) is 6.54 Å². The van der Waals surface area contributed by atoms with Crippen molar-refractivity contribution in [1.29, 1.82) is 0 Å². The van der Waals surface area contributed by atoms with Gasteiger partial charge >= 0.3 is 12.1 Å². The van der Waals surface area contributed by atoms with E-state index >= 15 is 0 Å². The number of amides is 1. The highest BCUT2D eigenvalue weighted by atomic mass is 19.4. The highest BCUT2D eigenvalue weighted by Gasteiger charge is 2.31. The molecule has 2 aromatic heterocycles. The van der Waals surface area contributed by atoms with E-state index in [0.717, 1.165) is 12.1 Å². The molecule has 0 aliphatic heterocycles. The molecule has 1 N–H and O–H groups in total. The number of carbonyl (C=O) groups excluding carboxylic acids is 1. The van der Waals surface area contributed by atoms with Crippen molar-refractivity contribution in [2.24, 2.45) is 7.05 Å². The van der Waals surface area contributed by atoms with E-state index < -0.39 is 18.0 Å². The second kappa shape index (κ2) is 8.17. The van der Waals surface area contributed by atoms with Gasteiger partial charge in [-0.3, -0.25) is 14.3 Å². The van der Waals surface area contributed by atoms with Crippen LogP contribution in [0, 0.1) is 0 Å². The topological polar surface area (TPSA) is 91.0 Å². The standard InChI is InChI=1S/C18H16F3N5O3/c1-25-15(14-4-2-3-9-22-14)24-26(17(25)28)11-10-23-16(27)12-5-7-13(8-6-12)29-18(19,20)21/h2-9H,10-11H2,1H3,(H,23,27). The van der Waals surface area contributed by atoms with Gasteiger partial charge in [0.15, 0.2) is 5.82 Å². The molecule has 0 saturated heterocycles. The first kappa shape index (κ1) is 20.1. The Kier molecular flexibility index (Phi) is 5.66. The molecule has 0 aliphatic carbocycles. The van der Waals surface area contributed by atoms with Gasteiger partial charge in [0.2, 0.25) is 0 Å². The molecule has 3 aromatic rings. The van der Waals surface area contributed by atoms with Crippen molar-refractivity contribution < 1.29 is 22.7 Å². The monoisotopic (exact) mass is 407 g/mol. The first-order chi connectivity index (χ1) is 13.7. The van der Waals surface area contributed by atoms with Crippen molar-refractivity contribution >= 4 is 5.91 Å². The Morgan fingerprint density at radius 3 is 2.52 bits per heavy atom. The van der Waals surface area contributed by atoms with Crippen molar-refractivity contribution in [1.82, 2.24) is 24.6 Å². The molecule has 0 atom stereocenters. The number of hydrogen-bond donors (Lipinski definition) is 1. The summed E-state index contributed by atoms with van der Waals surface area (Å²) in [6, 6.07) is 9.76. The lowest BCUT2D eigenvalue weighted by atomic mass is 10.2. The molecule has 0 radical (unpaired) electrons. The third-order valence-electron chi connectivity index (χ3n) is 3.89. The lowest BCUT2D eigenvalue weighted by Crippen LogP contribution is -2.31. The molecular formula is C18H16F3N5O3. The summed E-state index contributed by atoms with van der Waals surface area (Å²) in [4.78, 5) is 28.5. The number of alkyl halides is 3. The zero-order chi connectivity index (χ0) is 21.0. The summed E-state index contributed by atoms with van der Waals surface area (Å²) in [6.45, 7) is 0.207. The maximum atomic E-state index is 12.3. The number of benzene rings is 1. The Balaban J connectivity index is 1.60. The van der Waals surface area contributed by atoms with Crippen LogP contribution in [-0.4, -0.2) is 38.1 Å². The van der Waals surface area contributed by atoms with Crippen LogP contribution in [0.3, 0.4) is 0 Å². The van der Waals surface area contributed by atoms with Gasteiger partial charge < -0.3 is 10.1 Å². The Labute approximate surface area is 162 Å². The fraction of sp³-hybridized carbons (Fsp3) is 0.222. The normalized spacial score (nSPS) is 11.3. The van der Waals surface area contributed by atoms with Crippen molar-refractivity contribution in [2.75, 3.05) is 6.54 Å². The fourth-order valence-electron chi connectivity index (χ4n) is 2.54. The van der Waals surface area contributed by atoms with Gasteiger partial charge in [0, 0.05) is 25.4 Å². The Morgan fingerprint density at radius 1 is 1.17 bits per heavy atom. The molecule has 3 rings (SSSR count). The summed E-state index contributed by atoms with van der Waals surface area (Å²) in [5, 5.41) is 6.81. The second-order valence-electron chi connectivity index (χ2n) is 5.93. The molecule has 29 heavy (non-hydrogen) atoms. The van der Waals surface area contributed by atoms with E-state index in [-0.39, 0.29) is 24.3 Å². The molecule has 0 aliphatic rings. The first-order valence-corrected chi connectivity index (χ1v) is 8.44. The molecule has 11 heteroatoms. The number of halogens is 3. The van der Waals surface area contributed by atoms with Gasteiger partial charge in [-0.15, -0.1) is 18.3 Å². The Morgan fingerprint density at radius 2 is 1.90 bits per heavy atom. The third-order valence-corrected chi connectivity index (χ3v) is 3.89. The molecule has 0 bridgehead atoms. The SMILES string of the molecule is Cn1c(-c2ccccn2)nn(CCNC(=O)c2ccc(OC(F)(F)F)cc2)c1=O. The Hall–Kier alpha value is -3.63. The van der Waals surface area contributed by atoms with E-state index in [9.17, 15) is 22.8 Å². The van der Waals surface area contributed by atoms with Gasteiger partial charge in [-0.2, -0.15) is 0 Å². The van der Waals surface area contributed by atoms with Crippen LogP contribution < -0.4 is 15.7 Å². The molecule has 1 aromatic carbocycles. The van der Waals surface area contributed by atoms with Crippen LogP contribution in [0.25, 0.3) is 11.5 Å². The van der Waals surface area contributed by atoms with Crippen molar-refractivity contribution in [3.63, 3.8) is 0 Å². The number of hydrogen-bond acceptors (Lipinski definition) is 5. The lowest BCUT2D eigenvalue weighted by molar-refractivity contribution is -0.274. The summed E-state index contributed by atoms with van der Waals surface area (Å²) >= 11 is 0. The summed E-state index contributed by atoms with van der Waals surface area (Å²) in [6.07, 6.45) is -3.21. The predicted molar refractivity (Wildman–Crippen MR) is 96.2 cm³/mol. The van der Waals surface area contributed by atoms with Crippen molar-refractivity contribution in [3.8, 4) is 17.3 Å². The van der Waals surface area contributed by atoms with Gasteiger partial charge in [0.25, 0.3) is 5.91 Å². The van der Waals surface area contributed by atoms with E-state index in [1.54, 1.807) is 31.4 Å². The minimum atomic E-state index is -4.80. The van der Waals surface area contributed by atoms with Crippen LogP contribution in [0.2, 0.25) is 0 Å². The molecule has 0 fully saturated rings. The van der Waals surface area contributed by atoms with E-state index in [0.29, 0.717) is 11.5 Å². The van der Waals surface area contributed by atoms with Crippen LogP contribution in [0.4, 0.5) is 13.2 Å². The quantitative estimate of drug-likeness (QED) is 0.675. The summed E-state index contributed by atoms with van der Waals surface area (Å²) in [5.74, 6) is -0.532. The summed E-state index contributed by atoms with van der Waals surface area (Å²) < 4.78 is 42.8. The number of aromatic nitrogens is 4. The van der Waals surface area contributed by atoms with Crippen LogP contribution >= 0.6 is 0 Å². The maximum Gasteiger partial charge on any atom is 0.573 e. The van der Waals surface area contributed by atoms with Crippen LogP contribution in [-0.2, 0) is 13.6 Å². The van der Waals surface area contributed by atoms with Crippen LogP contribution in [0.5, 0.6) is 5.75 Å². The van der Waals surface area contributed by atoms with Crippen molar-refractivity contribution in [3.05, 3.63) is 64.7 Å². The minimum absolute atomic E-state index is 0.0955. The highest BCUT2D eigenvalue weighted by molar-refractivity contribution is 5.94. The third kappa shape index (κ3) is 5.00. The molecule has 0 unspecified atom stereocenters. The van der Waals surface area contributed by atoms with Crippen LogP contribution in [0.1, 0.15) is 10.4 Å². The number of rotatable bonds is 6. The van der Waals surface area contributed by atoms with Gasteiger partial charge in [-0.25, -0.2) is 9.48 Å².